The van der Waals surface area contributed by atoms with Crippen molar-refractivity contribution >= 4 is 17.0 Å². The number of hydrogen-bond acceptors (Lipinski definition) is 5. The molecule has 6 nitrogen and oxygen atoms in total. The molecule has 0 bridgehead atoms. The molecule has 2 aromatic heterocycles. The lowest BCUT2D eigenvalue weighted by molar-refractivity contribution is 0.221. The van der Waals surface area contributed by atoms with Crippen molar-refractivity contribution in [3.05, 3.63) is 53.4 Å². The van der Waals surface area contributed by atoms with E-state index in [2.05, 4.69) is 15.3 Å². The number of pyridine rings is 1. The van der Waals surface area contributed by atoms with Gasteiger partial charge in [0.05, 0.1) is 28.9 Å². The lowest BCUT2D eigenvalue weighted by atomic mass is 10.0. The molecule has 156 valence electrons. The van der Waals surface area contributed by atoms with Crippen LogP contribution in [-0.2, 0) is 0 Å². The molecule has 1 aliphatic heterocycles. The van der Waals surface area contributed by atoms with E-state index in [1.165, 1.54) is 12.3 Å². The van der Waals surface area contributed by atoms with Crippen LogP contribution >= 0.6 is 0 Å². The minimum Gasteiger partial charge on any atom is -0.340 e. The van der Waals surface area contributed by atoms with Gasteiger partial charge in [-0.1, -0.05) is 0 Å². The van der Waals surface area contributed by atoms with Gasteiger partial charge in [-0.3, -0.25) is 9.55 Å². The van der Waals surface area contributed by atoms with Crippen LogP contribution in [0.15, 0.2) is 30.5 Å². The highest BCUT2D eigenvalue weighted by molar-refractivity contribution is 5.80. The Balaban J connectivity index is 1.85. The number of halogens is 3. The highest BCUT2D eigenvalue weighted by atomic mass is 19.1. The molecule has 9 heteroatoms. The van der Waals surface area contributed by atoms with E-state index >= 15 is 0 Å². The second kappa shape index (κ2) is 7.95. The van der Waals surface area contributed by atoms with Gasteiger partial charge in [-0.2, -0.15) is 5.26 Å². The number of nitriles is 1. The van der Waals surface area contributed by atoms with Crippen molar-refractivity contribution in [2.45, 2.75) is 31.6 Å². The zero-order valence-corrected chi connectivity index (χ0v) is 16.6. The zero-order valence-electron chi connectivity index (χ0n) is 16.6. The average Bonchev–Trinajstić information content (AvgIpc) is 3.13. The van der Waals surface area contributed by atoms with Crippen molar-refractivity contribution < 1.29 is 13.2 Å². The van der Waals surface area contributed by atoms with Gasteiger partial charge in [0.15, 0.2) is 5.82 Å². The van der Waals surface area contributed by atoms with Crippen LogP contribution in [0.2, 0.25) is 0 Å². The molecule has 0 aliphatic carbocycles. The SMILES string of the molecule is CN[C@@H]1CN(c2nc3cc(F)cc(F)c3n2C(C)c2ccc(C#N)cn2)CC[C@H]1F. The van der Waals surface area contributed by atoms with Gasteiger partial charge in [0.2, 0.25) is 5.95 Å². The van der Waals surface area contributed by atoms with Crippen LogP contribution in [0.1, 0.15) is 30.6 Å². The number of nitrogens with zero attached hydrogens (tertiary/aromatic N) is 5. The van der Waals surface area contributed by atoms with E-state index in [-0.39, 0.29) is 11.0 Å². The number of fused-ring (bicyclic) bond motifs is 1. The first-order chi connectivity index (χ1) is 14.4. The number of anilines is 1. The lowest BCUT2D eigenvalue weighted by Crippen LogP contribution is -2.51. The van der Waals surface area contributed by atoms with Crippen molar-refractivity contribution in [2.24, 2.45) is 0 Å². The third-order valence-corrected chi connectivity index (χ3v) is 5.60. The van der Waals surface area contributed by atoms with Crippen molar-refractivity contribution in [1.82, 2.24) is 19.9 Å². The highest BCUT2D eigenvalue weighted by Crippen LogP contribution is 2.33. The Hall–Kier alpha value is -3.12. The predicted octanol–water partition coefficient (Wildman–Crippen LogP) is 3.33. The third-order valence-electron chi connectivity index (χ3n) is 5.60. The van der Waals surface area contributed by atoms with Crippen LogP contribution in [0.5, 0.6) is 0 Å². The maximum Gasteiger partial charge on any atom is 0.207 e. The van der Waals surface area contributed by atoms with E-state index in [4.69, 9.17) is 5.26 Å². The molecular formula is C21H21F3N6. The first-order valence-corrected chi connectivity index (χ1v) is 9.72. The third kappa shape index (κ3) is 3.48. The Morgan fingerprint density at radius 1 is 1.30 bits per heavy atom. The Kier molecular flexibility index (Phi) is 5.35. The number of aromatic nitrogens is 3. The second-order valence-corrected chi connectivity index (χ2v) is 7.44. The van der Waals surface area contributed by atoms with E-state index < -0.39 is 29.9 Å². The smallest absolute Gasteiger partial charge is 0.207 e. The zero-order chi connectivity index (χ0) is 21.4. The Bertz CT molecular complexity index is 1100. The lowest BCUT2D eigenvalue weighted by Gasteiger charge is -2.36. The topological polar surface area (TPSA) is 69.8 Å². The molecule has 1 aromatic carbocycles. The van der Waals surface area contributed by atoms with Gasteiger partial charge in [0, 0.05) is 31.4 Å². The number of likely N-dealkylation sites (N-methyl/N-ethyl adjacent to an activating group) is 1. The van der Waals surface area contributed by atoms with Crippen LogP contribution in [0.25, 0.3) is 11.0 Å². The molecule has 0 amide bonds. The number of piperidine rings is 1. The van der Waals surface area contributed by atoms with Crippen molar-refractivity contribution in [1.29, 1.82) is 5.26 Å². The molecule has 1 aliphatic rings. The summed E-state index contributed by atoms with van der Waals surface area (Å²) in [5, 5.41) is 12.0. The van der Waals surface area contributed by atoms with Gasteiger partial charge < -0.3 is 10.2 Å². The summed E-state index contributed by atoms with van der Waals surface area (Å²) >= 11 is 0. The Morgan fingerprint density at radius 2 is 2.10 bits per heavy atom. The number of rotatable bonds is 4. The second-order valence-electron chi connectivity index (χ2n) is 7.44. The predicted molar refractivity (Wildman–Crippen MR) is 107 cm³/mol. The number of nitrogens with one attached hydrogen (secondary N) is 1. The number of hydrogen-bond donors (Lipinski definition) is 1. The summed E-state index contributed by atoms with van der Waals surface area (Å²) in [6.45, 7) is 2.58. The summed E-state index contributed by atoms with van der Waals surface area (Å²) in [7, 11) is 1.70. The molecule has 1 saturated heterocycles. The molecule has 4 rings (SSSR count). The molecule has 0 radical (unpaired) electrons. The van der Waals surface area contributed by atoms with Gasteiger partial charge in [0.25, 0.3) is 0 Å². The maximum atomic E-state index is 14.8. The molecule has 0 spiro atoms. The minimum absolute atomic E-state index is 0.161. The largest absolute Gasteiger partial charge is 0.340 e. The number of imidazole rings is 1. The van der Waals surface area contributed by atoms with Crippen LogP contribution < -0.4 is 10.2 Å². The summed E-state index contributed by atoms with van der Waals surface area (Å²) in [6.07, 6.45) is 0.761. The molecule has 3 atom stereocenters. The van der Waals surface area contributed by atoms with Crippen molar-refractivity contribution in [3.63, 3.8) is 0 Å². The van der Waals surface area contributed by atoms with E-state index in [0.717, 1.165) is 6.07 Å². The maximum absolute atomic E-state index is 14.8. The van der Waals surface area contributed by atoms with Gasteiger partial charge in [-0.15, -0.1) is 0 Å². The first kappa shape index (κ1) is 20.2. The van der Waals surface area contributed by atoms with Crippen LogP contribution in [-0.4, -0.2) is 46.9 Å². The van der Waals surface area contributed by atoms with Crippen LogP contribution in [0, 0.1) is 23.0 Å². The number of benzene rings is 1. The summed E-state index contributed by atoms with van der Waals surface area (Å²) in [5.74, 6) is -1.01. The van der Waals surface area contributed by atoms with Crippen molar-refractivity contribution in [2.75, 3.05) is 25.0 Å². The van der Waals surface area contributed by atoms with Crippen LogP contribution in [0.4, 0.5) is 19.1 Å². The summed E-state index contributed by atoms with van der Waals surface area (Å²) < 4.78 is 44.5. The quantitative estimate of drug-likeness (QED) is 0.709. The first-order valence-electron chi connectivity index (χ1n) is 9.72. The Labute approximate surface area is 172 Å². The van der Waals surface area contributed by atoms with Gasteiger partial charge >= 0.3 is 0 Å². The van der Waals surface area contributed by atoms with E-state index in [1.807, 2.05) is 17.9 Å². The monoisotopic (exact) mass is 414 g/mol. The summed E-state index contributed by atoms with van der Waals surface area (Å²) in [5.41, 5.74) is 1.36. The summed E-state index contributed by atoms with van der Waals surface area (Å²) in [6, 6.07) is 6.53. The van der Waals surface area contributed by atoms with E-state index in [9.17, 15) is 13.2 Å². The molecule has 30 heavy (non-hydrogen) atoms. The van der Waals surface area contributed by atoms with Gasteiger partial charge in [-0.25, -0.2) is 18.2 Å². The molecule has 1 fully saturated rings. The van der Waals surface area contributed by atoms with Gasteiger partial charge in [-0.05, 0) is 32.5 Å². The minimum atomic E-state index is -0.990. The molecule has 0 saturated carbocycles. The molecule has 3 heterocycles. The Morgan fingerprint density at radius 3 is 2.77 bits per heavy atom. The standard InChI is InChI=1S/C21H21F3N6/c1-12(17-4-3-13(9-25)10-27-17)30-20-16(24)7-14(22)8-18(20)28-21(30)29-6-5-15(23)19(11-29)26-2/h3-4,7-8,10,12,15,19,26H,5-6,11H2,1-2H3/t12?,15-,19-/m1/s1. The van der Waals surface area contributed by atoms with Crippen LogP contribution in [0.3, 0.4) is 0 Å². The van der Waals surface area contributed by atoms with E-state index in [1.54, 1.807) is 23.7 Å². The average molecular weight is 414 g/mol. The molecular weight excluding hydrogens is 393 g/mol. The fourth-order valence-corrected chi connectivity index (χ4v) is 3.96. The molecule has 3 aromatic rings. The number of alkyl halides is 1. The van der Waals surface area contributed by atoms with E-state index in [0.29, 0.717) is 36.7 Å². The fourth-order valence-electron chi connectivity index (χ4n) is 3.96. The van der Waals surface area contributed by atoms with Gasteiger partial charge in [0.1, 0.15) is 23.6 Å². The molecule has 1 N–H and O–H groups in total. The van der Waals surface area contributed by atoms with Crippen molar-refractivity contribution in [3.8, 4) is 6.07 Å². The summed E-state index contributed by atoms with van der Waals surface area (Å²) in [4.78, 5) is 10.7. The normalized spacial score (nSPS) is 20.3. The molecule has 1 unspecified atom stereocenters. The highest BCUT2D eigenvalue weighted by Gasteiger charge is 2.32. The fraction of sp³-hybridized carbons (Fsp3) is 0.381.